The summed E-state index contributed by atoms with van der Waals surface area (Å²) in [6, 6.07) is 7.18. The zero-order valence-corrected chi connectivity index (χ0v) is 21.9. The number of anilines is 2. The Balaban J connectivity index is 1.80. The van der Waals surface area contributed by atoms with Gasteiger partial charge in [0, 0.05) is 29.9 Å². The molecule has 5 N–H and O–H groups in total. The predicted molar refractivity (Wildman–Crippen MR) is 145 cm³/mol. The lowest BCUT2D eigenvalue weighted by atomic mass is 10.1. The van der Waals surface area contributed by atoms with Crippen LogP contribution in [0.1, 0.15) is 58.4 Å². The number of benzene rings is 2. The molecule has 2 aromatic carbocycles. The monoisotopic (exact) mass is 569 g/mol. The van der Waals surface area contributed by atoms with Crippen molar-refractivity contribution in [3.63, 3.8) is 0 Å². The van der Waals surface area contributed by atoms with Gasteiger partial charge in [-0.1, -0.05) is 42.1 Å². The van der Waals surface area contributed by atoms with Crippen molar-refractivity contribution in [1.29, 1.82) is 0 Å². The molecule has 3 rings (SSSR count). The Kier molecular flexibility index (Phi) is 10.6. The van der Waals surface area contributed by atoms with Gasteiger partial charge in [-0.05, 0) is 55.8 Å². The number of nitrogens with zero attached hydrogens (tertiary/aromatic N) is 1. The van der Waals surface area contributed by atoms with Crippen molar-refractivity contribution >= 4 is 52.6 Å². The number of hydrogen-bond donors (Lipinski definition) is 4. The highest BCUT2D eigenvalue weighted by Crippen LogP contribution is 2.33. The molecule has 0 bridgehead atoms. The summed E-state index contributed by atoms with van der Waals surface area (Å²) < 4.78 is 40.1. The van der Waals surface area contributed by atoms with E-state index in [1.807, 2.05) is 0 Å². The molecular weight excluding hydrogens is 542 g/mol. The number of dihydropyridines is 1. The highest BCUT2D eigenvalue weighted by atomic mass is 35.5. The summed E-state index contributed by atoms with van der Waals surface area (Å²) in [5.41, 5.74) is 4.85. The highest BCUT2D eigenvalue weighted by molar-refractivity contribution is 6.39. The molecule has 7 nitrogen and oxygen atoms in total. The third-order valence-corrected chi connectivity index (χ3v) is 6.21. The van der Waals surface area contributed by atoms with Gasteiger partial charge in [0.2, 0.25) is 0 Å². The third-order valence-electron chi connectivity index (χ3n) is 5.72. The number of halogens is 5. The first-order valence-electron chi connectivity index (χ1n) is 12.0. The van der Waals surface area contributed by atoms with Gasteiger partial charge in [-0.15, -0.1) is 0 Å². The van der Waals surface area contributed by atoms with Crippen LogP contribution in [-0.4, -0.2) is 37.3 Å². The molecule has 0 saturated heterocycles. The number of aliphatic imine (C=N–C) groups is 1. The number of carbonyl (C=O) groups excluding carboxylic acids is 2. The summed E-state index contributed by atoms with van der Waals surface area (Å²) in [5, 5.41) is 9.03. The van der Waals surface area contributed by atoms with Crippen LogP contribution in [0.25, 0.3) is 0 Å². The van der Waals surface area contributed by atoms with Crippen molar-refractivity contribution in [3.05, 3.63) is 69.2 Å². The standard InChI is InChI=1S/C26H28Cl2F3N5O2/c27-17-6-9-21(20(14-17)25(38)36-23-10-7-18(28)15-34-23)35-24(37)19-8-5-16(26(29,30)31)13-22(19)33-12-4-2-1-3-11-32/h5-9,13-15,23,33H,1-4,10-12,32H2,(H,35,37)(H,36,38). The summed E-state index contributed by atoms with van der Waals surface area (Å²) in [5.74, 6) is -1.23. The lowest BCUT2D eigenvalue weighted by molar-refractivity contribution is -0.137. The maximum Gasteiger partial charge on any atom is 0.416 e. The van der Waals surface area contributed by atoms with Crippen LogP contribution in [0.2, 0.25) is 5.02 Å². The molecule has 2 aromatic rings. The van der Waals surface area contributed by atoms with Crippen LogP contribution in [0.3, 0.4) is 0 Å². The molecule has 204 valence electrons. The number of hydrogen-bond acceptors (Lipinski definition) is 5. The Hall–Kier alpha value is -3.08. The maximum atomic E-state index is 13.4. The summed E-state index contributed by atoms with van der Waals surface area (Å²) in [6.45, 7) is 0.955. The first-order valence-corrected chi connectivity index (χ1v) is 12.8. The van der Waals surface area contributed by atoms with Gasteiger partial charge in [0.05, 0.1) is 27.4 Å². The molecule has 1 atom stereocenters. The van der Waals surface area contributed by atoms with Crippen LogP contribution in [0, 0.1) is 0 Å². The van der Waals surface area contributed by atoms with E-state index in [-0.39, 0.29) is 27.5 Å². The molecule has 0 radical (unpaired) electrons. The Morgan fingerprint density at radius 3 is 2.42 bits per heavy atom. The summed E-state index contributed by atoms with van der Waals surface area (Å²) >= 11 is 12.0. The second-order valence-corrected chi connectivity index (χ2v) is 9.50. The fourth-order valence-electron chi connectivity index (χ4n) is 3.74. The van der Waals surface area contributed by atoms with Crippen LogP contribution < -0.4 is 21.7 Å². The van der Waals surface area contributed by atoms with Crippen molar-refractivity contribution in [2.45, 2.75) is 44.4 Å². The van der Waals surface area contributed by atoms with Crippen LogP contribution in [-0.2, 0) is 6.18 Å². The number of rotatable bonds is 11. The molecule has 2 amide bonds. The van der Waals surface area contributed by atoms with Gasteiger partial charge < -0.3 is 21.7 Å². The van der Waals surface area contributed by atoms with E-state index in [0.717, 1.165) is 37.5 Å². The molecule has 1 aliphatic rings. The SMILES string of the molecule is NCCCCCCNc1cc(C(F)(F)F)ccc1C(=O)Nc1ccc(Cl)cc1C(=O)NC1CC=C(Cl)C=N1. The zero-order valence-electron chi connectivity index (χ0n) is 20.4. The number of carbonyl (C=O) groups is 2. The molecule has 0 spiro atoms. The van der Waals surface area contributed by atoms with Crippen molar-refractivity contribution < 1.29 is 22.8 Å². The quantitative estimate of drug-likeness (QED) is 0.242. The van der Waals surface area contributed by atoms with E-state index in [2.05, 4.69) is 20.9 Å². The van der Waals surface area contributed by atoms with Crippen molar-refractivity contribution in [2.24, 2.45) is 10.7 Å². The topological polar surface area (TPSA) is 109 Å². The lowest BCUT2D eigenvalue weighted by Crippen LogP contribution is -2.34. The van der Waals surface area contributed by atoms with Crippen LogP contribution in [0.4, 0.5) is 24.5 Å². The third kappa shape index (κ3) is 8.47. The Morgan fingerprint density at radius 1 is 0.974 bits per heavy atom. The number of nitrogens with one attached hydrogen (secondary N) is 3. The van der Waals surface area contributed by atoms with Crippen molar-refractivity contribution in [1.82, 2.24) is 5.32 Å². The Morgan fingerprint density at radius 2 is 1.74 bits per heavy atom. The minimum atomic E-state index is -4.57. The second kappa shape index (κ2) is 13.6. The number of amides is 2. The first-order chi connectivity index (χ1) is 18.1. The fraction of sp³-hybridized carbons (Fsp3) is 0.346. The van der Waals surface area contributed by atoms with Gasteiger partial charge in [0.15, 0.2) is 0 Å². The number of allylic oxidation sites excluding steroid dienone is 1. The van der Waals surface area contributed by atoms with Crippen LogP contribution in [0.5, 0.6) is 0 Å². The molecule has 1 heterocycles. The fourth-order valence-corrected chi connectivity index (χ4v) is 4.06. The molecule has 0 aromatic heterocycles. The average Bonchev–Trinajstić information content (AvgIpc) is 2.87. The summed E-state index contributed by atoms with van der Waals surface area (Å²) in [4.78, 5) is 30.3. The summed E-state index contributed by atoms with van der Waals surface area (Å²) in [7, 11) is 0. The second-order valence-electron chi connectivity index (χ2n) is 8.62. The Bertz CT molecular complexity index is 1220. The maximum absolute atomic E-state index is 13.4. The van der Waals surface area contributed by atoms with Crippen molar-refractivity contribution in [2.75, 3.05) is 23.7 Å². The van der Waals surface area contributed by atoms with E-state index in [1.54, 1.807) is 6.08 Å². The molecule has 0 saturated carbocycles. The van der Waals surface area contributed by atoms with E-state index in [0.29, 0.717) is 31.0 Å². The number of alkyl halides is 3. The molecule has 1 aliphatic heterocycles. The molecule has 38 heavy (non-hydrogen) atoms. The predicted octanol–water partition coefficient (Wildman–Crippen LogP) is 6.20. The van der Waals surface area contributed by atoms with E-state index in [1.165, 1.54) is 24.4 Å². The van der Waals surface area contributed by atoms with Gasteiger partial charge in [0.25, 0.3) is 11.8 Å². The minimum absolute atomic E-state index is 0.00192. The zero-order chi connectivity index (χ0) is 27.7. The van der Waals surface area contributed by atoms with Crippen LogP contribution >= 0.6 is 23.2 Å². The molecule has 0 fully saturated rings. The van der Waals surface area contributed by atoms with Gasteiger partial charge >= 0.3 is 6.18 Å². The highest BCUT2D eigenvalue weighted by Gasteiger charge is 2.31. The van der Waals surface area contributed by atoms with E-state index < -0.39 is 29.7 Å². The summed E-state index contributed by atoms with van der Waals surface area (Å²) in [6.07, 6.45) is 1.71. The molecule has 1 unspecified atom stereocenters. The van der Waals surface area contributed by atoms with E-state index in [4.69, 9.17) is 28.9 Å². The van der Waals surface area contributed by atoms with E-state index in [9.17, 15) is 22.8 Å². The lowest BCUT2D eigenvalue weighted by Gasteiger charge is -2.18. The van der Waals surface area contributed by atoms with Gasteiger partial charge in [-0.2, -0.15) is 13.2 Å². The Labute approximate surface area is 228 Å². The van der Waals surface area contributed by atoms with Crippen molar-refractivity contribution in [3.8, 4) is 0 Å². The molecule has 12 heteroatoms. The van der Waals surface area contributed by atoms with Gasteiger partial charge in [-0.3, -0.25) is 14.6 Å². The van der Waals surface area contributed by atoms with E-state index >= 15 is 0 Å². The number of unbranched alkanes of at least 4 members (excludes halogenated alkanes) is 3. The van der Waals surface area contributed by atoms with Crippen LogP contribution in [0.15, 0.2) is 52.5 Å². The largest absolute Gasteiger partial charge is 0.416 e. The van der Waals surface area contributed by atoms with Gasteiger partial charge in [-0.25, -0.2) is 0 Å². The number of nitrogens with two attached hydrogens (primary N) is 1. The molecular formula is C26H28Cl2F3N5O2. The first kappa shape index (κ1) is 29.5. The smallest absolute Gasteiger partial charge is 0.384 e. The average molecular weight is 570 g/mol. The normalized spacial score (nSPS) is 15.1. The van der Waals surface area contributed by atoms with Gasteiger partial charge in [0.1, 0.15) is 6.17 Å². The minimum Gasteiger partial charge on any atom is -0.384 e. The molecule has 0 aliphatic carbocycles.